The summed E-state index contributed by atoms with van der Waals surface area (Å²) in [5, 5.41) is 14.9. The molecule has 25 heavy (non-hydrogen) atoms. The van der Waals surface area contributed by atoms with Gasteiger partial charge in [0.05, 0.1) is 24.9 Å². The maximum absolute atomic E-state index is 13.5. The Morgan fingerprint density at radius 2 is 2.00 bits per heavy atom. The molecule has 1 aliphatic carbocycles. The topological polar surface area (TPSA) is 70.6 Å². The molecule has 0 aromatic heterocycles. The van der Waals surface area contributed by atoms with Crippen molar-refractivity contribution in [3.8, 4) is 5.75 Å². The largest absolute Gasteiger partial charge is 0.491 e. The second-order valence-electron chi connectivity index (χ2n) is 6.14. The number of benzene rings is 2. The van der Waals surface area contributed by atoms with E-state index in [0.717, 1.165) is 18.4 Å². The molecule has 1 aliphatic rings. The molecule has 2 aromatic rings. The zero-order valence-corrected chi connectivity index (χ0v) is 13.7. The van der Waals surface area contributed by atoms with Gasteiger partial charge in [-0.3, -0.25) is 0 Å². The third kappa shape index (κ3) is 4.93. The van der Waals surface area contributed by atoms with Crippen LogP contribution in [0.5, 0.6) is 5.75 Å². The third-order valence-corrected chi connectivity index (χ3v) is 4.05. The van der Waals surface area contributed by atoms with Crippen LogP contribution in [0.15, 0.2) is 48.5 Å². The number of aliphatic hydroxyl groups is 1. The second kappa shape index (κ2) is 7.98. The van der Waals surface area contributed by atoms with Gasteiger partial charge >= 0.3 is 6.03 Å². The zero-order valence-electron chi connectivity index (χ0n) is 13.7. The van der Waals surface area contributed by atoms with Gasteiger partial charge in [0.25, 0.3) is 0 Å². The van der Waals surface area contributed by atoms with Crippen LogP contribution in [0.25, 0.3) is 0 Å². The van der Waals surface area contributed by atoms with Crippen LogP contribution in [0.4, 0.5) is 14.9 Å². The van der Waals surface area contributed by atoms with E-state index in [1.165, 1.54) is 18.2 Å². The molecular weight excluding hydrogens is 323 g/mol. The van der Waals surface area contributed by atoms with Gasteiger partial charge in [-0.2, -0.15) is 0 Å². The van der Waals surface area contributed by atoms with Gasteiger partial charge in [-0.1, -0.05) is 30.3 Å². The van der Waals surface area contributed by atoms with E-state index in [1.54, 1.807) is 0 Å². The fourth-order valence-corrected chi connectivity index (χ4v) is 2.45. The van der Waals surface area contributed by atoms with Gasteiger partial charge in [-0.25, -0.2) is 9.18 Å². The molecule has 6 heteroatoms. The monoisotopic (exact) mass is 344 g/mol. The minimum absolute atomic E-state index is 0.230. The molecule has 1 fully saturated rings. The molecule has 2 amide bonds. The number of anilines is 1. The quantitative estimate of drug-likeness (QED) is 0.720. The molecule has 1 atom stereocenters. The Hall–Kier alpha value is -2.60. The standard InChI is InChI=1S/C19H21FN2O3/c20-15-8-9-16(18(10-15)25-12-13-6-7-13)21-19(24)22-17(11-23)14-4-2-1-3-5-14/h1-5,8-10,13,17,23H,6-7,11-12H2,(H2,21,22,24). The number of ether oxygens (including phenoxy) is 1. The smallest absolute Gasteiger partial charge is 0.319 e. The Kier molecular flexibility index (Phi) is 5.50. The highest BCUT2D eigenvalue weighted by atomic mass is 19.1. The average molecular weight is 344 g/mol. The van der Waals surface area contributed by atoms with Gasteiger partial charge in [0.15, 0.2) is 0 Å². The van der Waals surface area contributed by atoms with Crippen molar-refractivity contribution in [2.45, 2.75) is 18.9 Å². The third-order valence-electron chi connectivity index (χ3n) is 4.05. The first-order chi connectivity index (χ1) is 12.2. The number of hydrogen-bond donors (Lipinski definition) is 3. The molecule has 0 spiro atoms. The molecule has 0 radical (unpaired) electrons. The van der Waals surface area contributed by atoms with Crippen LogP contribution in [0.3, 0.4) is 0 Å². The molecule has 0 saturated heterocycles. The number of carbonyl (C=O) groups excluding carboxylic acids is 1. The van der Waals surface area contributed by atoms with E-state index in [2.05, 4.69) is 10.6 Å². The van der Waals surface area contributed by atoms with Gasteiger partial charge in [-0.05, 0) is 36.5 Å². The van der Waals surface area contributed by atoms with Crippen molar-refractivity contribution < 1.29 is 19.0 Å². The highest BCUT2D eigenvalue weighted by molar-refractivity contribution is 5.91. The van der Waals surface area contributed by atoms with Crippen molar-refractivity contribution in [1.82, 2.24) is 5.32 Å². The minimum Gasteiger partial charge on any atom is -0.491 e. The van der Waals surface area contributed by atoms with Crippen molar-refractivity contribution in [1.29, 1.82) is 0 Å². The molecule has 3 N–H and O–H groups in total. The molecular formula is C19H21FN2O3. The van der Waals surface area contributed by atoms with E-state index in [1.807, 2.05) is 30.3 Å². The maximum Gasteiger partial charge on any atom is 0.319 e. The fourth-order valence-electron chi connectivity index (χ4n) is 2.45. The summed E-state index contributed by atoms with van der Waals surface area (Å²) in [7, 11) is 0. The second-order valence-corrected chi connectivity index (χ2v) is 6.14. The number of hydrogen-bond acceptors (Lipinski definition) is 3. The lowest BCUT2D eigenvalue weighted by Crippen LogP contribution is -2.34. The lowest BCUT2D eigenvalue weighted by Gasteiger charge is -2.18. The van der Waals surface area contributed by atoms with Crippen molar-refractivity contribution in [2.75, 3.05) is 18.5 Å². The summed E-state index contributed by atoms with van der Waals surface area (Å²) in [6.45, 7) is 0.287. The fraction of sp³-hybridized carbons (Fsp3) is 0.316. The normalized spacial score (nSPS) is 14.6. The highest BCUT2D eigenvalue weighted by Gasteiger charge is 2.23. The molecule has 1 unspecified atom stereocenters. The summed E-state index contributed by atoms with van der Waals surface area (Å²) in [5.41, 5.74) is 1.19. The molecule has 0 aliphatic heterocycles. The first-order valence-electron chi connectivity index (χ1n) is 8.31. The molecule has 132 valence electrons. The van der Waals surface area contributed by atoms with Crippen LogP contribution in [0, 0.1) is 11.7 Å². The highest BCUT2D eigenvalue weighted by Crippen LogP contribution is 2.32. The van der Waals surface area contributed by atoms with Crippen LogP contribution in [-0.4, -0.2) is 24.4 Å². The van der Waals surface area contributed by atoms with Crippen molar-refractivity contribution in [3.05, 3.63) is 59.9 Å². The SMILES string of the molecule is O=C(Nc1ccc(F)cc1OCC1CC1)NC(CO)c1ccccc1. The Bertz CT molecular complexity index is 720. The van der Waals surface area contributed by atoms with Crippen molar-refractivity contribution >= 4 is 11.7 Å². The predicted octanol–water partition coefficient (Wildman–Crippen LogP) is 3.47. The number of rotatable bonds is 7. The van der Waals surface area contributed by atoms with Crippen molar-refractivity contribution in [3.63, 3.8) is 0 Å². The molecule has 0 bridgehead atoms. The van der Waals surface area contributed by atoms with Gasteiger partial charge in [0.1, 0.15) is 11.6 Å². The van der Waals surface area contributed by atoms with E-state index in [0.29, 0.717) is 24.0 Å². The summed E-state index contributed by atoms with van der Waals surface area (Å²) in [6, 6.07) is 12.1. The number of carbonyl (C=O) groups is 1. The van der Waals surface area contributed by atoms with Crippen LogP contribution < -0.4 is 15.4 Å². The lowest BCUT2D eigenvalue weighted by atomic mass is 10.1. The summed E-state index contributed by atoms with van der Waals surface area (Å²) < 4.78 is 19.1. The number of halogens is 1. The number of aliphatic hydroxyl groups excluding tert-OH is 1. The van der Waals surface area contributed by atoms with E-state index >= 15 is 0 Å². The Balaban J connectivity index is 1.65. The molecule has 3 rings (SSSR count). The summed E-state index contributed by atoms with van der Waals surface area (Å²) in [5.74, 6) is 0.401. The molecule has 2 aromatic carbocycles. The van der Waals surface area contributed by atoms with Gasteiger partial charge in [0, 0.05) is 6.07 Å². The average Bonchev–Trinajstić information content (AvgIpc) is 3.45. The van der Waals surface area contributed by atoms with Crippen molar-refractivity contribution in [2.24, 2.45) is 5.92 Å². The van der Waals surface area contributed by atoms with E-state index < -0.39 is 17.9 Å². The first kappa shape index (κ1) is 17.2. The number of urea groups is 1. The van der Waals surface area contributed by atoms with Gasteiger partial charge in [-0.15, -0.1) is 0 Å². The summed E-state index contributed by atoms with van der Waals surface area (Å²) >= 11 is 0. The van der Waals surface area contributed by atoms with E-state index in [9.17, 15) is 14.3 Å². The predicted molar refractivity (Wildman–Crippen MR) is 93.0 cm³/mol. The zero-order chi connectivity index (χ0) is 17.6. The molecule has 0 heterocycles. The van der Waals surface area contributed by atoms with E-state index in [-0.39, 0.29) is 6.61 Å². The van der Waals surface area contributed by atoms with Gasteiger partial charge < -0.3 is 20.5 Å². The van der Waals surface area contributed by atoms with Crippen LogP contribution >= 0.6 is 0 Å². The first-order valence-corrected chi connectivity index (χ1v) is 8.31. The van der Waals surface area contributed by atoms with Gasteiger partial charge in [0.2, 0.25) is 0 Å². The van der Waals surface area contributed by atoms with Crippen LogP contribution in [0.1, 0.15) is 24.4 Å². The number of nitrogens with one attached hydrogen (secondary N) is 2. The Morgan fingerprint density at radius 3 is 2.68 bits per heavy atom. The van der Waals surface area contributed by atoms with Crippen LogP contribution in [-0.2, 0) is 0 Å². The van der Waals surface area contributed by atoms with Crippen LogP contribution in [0.2, 0.25) is 0 Å². The summed E-state index contributed by atoms with van der Waals surface area (Å²) in [4.78, 5) is 12.3. The molecule has 1 saturated carbocycles. The minimum atomic E-state index is -0.530. The summed E-state index contributed by atoms with van der Waals surface area (Å²) in [6.07, 6.45) is 2.24. The Morgan fingerprint density at radius 1 is 1.24 bits per heavy atom. The Labute approximate surface area is 145 Å². The maximum atomic E-state index is 13.5. The molecule has 5 nitrogen and oxygen atoms in total. The number of amides is 2. The van der Waals surface area contributed by atoms with E-state index in [4.69, 9.17) is 4.74 Å². The lowest BCUT2D eigenvalue weighted by molar-refractivity contribution is 0.225.